The quantitative estimate of drug-likeness (QED) is 0.629. The predicted octanol–water partition coefficient (Wildman–Crippen LogP) is 4.87. The molecule has 0 aliphatic rings. The molecule has 2 heterocycles. The fourth-order valence-corrected chi connectivity index (χ4v) is 3.43. The van der Waals surface area contributed by atoms with Gasteiger partial charge in [-0.05, 0) is 59.2 Å². The topological polar surface area (TPSA) is 52.0 Å². The lowest BCUT2D eigenvalue weighted by Crippen LogP contribution is -1.90. The number of thiophene rings is 1. The molecule has 0 saturated carbocycles. The number of aryl methyl sites for hydroxylation is 2. The minimum absolute atomic E-state index is 0.435. The van der Waals surface area contributed by atoms with Crippen LogP contribution in [-0.2, 0) is 0 Å². The molecule has 0 aliphatic heterocycles. The zero-order chi connectivity index (χ0) is 14.3. The molecule has 2 aromatic heterocycles. The monoisotopic (exact) mass is 396 g/mol. The van der Waals surface area contributed by atoms with E-state index in [4.69, 9.17) is 10.3 Å². The lowest BCUT2D eigenvalue weighted by Gasteiger charge is -2.05. The third kappa shape index (κ3) is 2.35. The summed E-state index contributed by atoms with van der Waals surface area (Å²) in [7, 11) is 0. The number of nitrogen functional groups attached to an aromatic ring is 1. The Bertz CT molecular complexity index is 776. The zero-order valence-corrected chi connectivity index (χ0v) is 14.1. The highest BCUT2D eigenvalue weighted by molar-refractivity contribution is 14.1. The number of anilines is 1. The molecule has 102 valence electrons. The SMILES string of the molecule is Cc1ccc(-c2c(N)noc2-c2csc(I)c2)cc1C. The average Bonchev–Trinajstić information content (AvgIpc) is 2.99. The molecule has 20 heavy (non-hydrogen) atoms. The minimum atomic E-state index is 0.435. The summed E-state index contributed by atoms with van der Waals surface area (Å²) in [6.07, 6.45) is 0. The maximum atomic E-state index is 6.00. The molecular weight excluding hydrogens is 383 g/mol. The van der Waals surface area contributed by atoms with Gasteiger partial charge in [-0.1, -0.05) is 23.4 Å². The summed E-state index contributed by atoms with van der Waals surface area (Å²) in [5.41, 5.74) is 11.4. The molecule has 3 aromatic rings. The molecule has 3 rings (SSSR count). The zero-order valence-electron chi connectivity index (χ0n) is 11.1. The number of benzene rings is 1. The van der Waals surface area contributed by atoms with Crippen LogP contribution in [0.1, 0.15) is 11.1 Å². The van der Waals surface area contributed by atoms with Gasteiger partial charge in [0, 0.05) is 10.9 Å². The van der Waals surface area contributed by atoms with E-state index in [0.717, 1.165) is 22.5 Å². The van der Waals surface area contributed by atoms with Crippen molar-refractivity contribution in [1.29, 1.82) is 0 Å². The number of halogens is 1. The molecule has 3 nitrogen and oxygen atoms in total. The van der Waals surface area contributed by atoms with E-state index in [1.807, 2.05) is 0 Å². The molecule has 0 saturated heterocycles. The first-order chi connectivity index (χ1) is 9.56. The van der Waals surface area contributed by atoms with Crippen LogP contribution in [0.2, 0.25) is 0 Å². The molecule has 0 amide bonds. The fraction of sp³-hybridized carbons (Fsp3) is 0.133. The van der Waals surface area contributed by atoms with E-state index in [-0.39, 0.29) is 0 Å². The smallest absolute Gasteiger partial charge is 0.177 e. The second kappa shape index (κ2) is 5.21. The molecule has 2 N–H and O–H groups in total. The van der Waals surface area contributed by atoms with Gasteiger partial charge in [0.15, 0.2) is 11.6 Å². The Morgan fingerprint density at radius 3 is 2.60 bits per heavy atom. The van der Waals surface area contributed by atoms with Gasteiger partial charge < -0.3 is 10.3 Å². The summed E-state index contributed by atoms with van der Waals surface area (Å²) in [6.45, 7) is 4.19. The summed E-state index contributed by atoms with van der Waals surface area (Å²) in [6, 6.07) is 8.36. The molecule has 0 bridgehead atoms. The van der Waals surface area contributed by atoms with Gasteiger partial charge in [-0.2, -0.15) is 0 Å². The summed E-state index contributed by atoms with van der Waals surface area (Å²) >= 11 is 3.97. The van der Waals surface area contributed by atoms with Crippen molar-refractivity contribution in [1.82, 2.24) is 5.16 Å². The molecular formula is C15H13IN2OS. The Hall–Kier alpha value is -1.34. The van der Waals surface area contributed by atoms with E-state index in [9.17, 15) is 0 Å². The molecule has 0 aliphatic carbocycles. The third-order valence-electron chi connectivity index (χ3n) is 3.34. The van der Waals surface area contributed by atoms with E-state index in [0.29, 0.717) is 5.82 Å². The largest absolute Gasteiger partial charge is 0.380 e. The Kier molecular flexibility index (Phi) is 3.55. The van der Waals surface area contributed by atoms with E-state index in [2.05, 4.69) is 71.2 Å². The van der Waals surface area contributed by atoms with E-state index in [1.54, 1.807) is 11.3 Å². The van der Waals surface area contributed by atoms with Crippen LogP contribution in [0.3, 0.4) is 0 Å². The van der Waals surface area contributed by atoms with Gasteiger partial charge in [-0.15, -0.1) is 11.3 Å². The van der Waals surface area contributed by atoms with Crippen molar-refractivity contribution in [3.8, 4) is 22.5 Å². The normalized spacial score (nSPS) is 10.9. The van der Waals surface area contributed by atoms with Gasteiger partial charge in [0.05, 0.1) is 8.45 Å². The van der Waals surface area contributed by atoms with Crippen LogP contribution in [0.25, 0.3) is 22.5 Å². The Morgan fingerprint density at radius 2 is 1.95 bits per heavy atom. The van der Waals surface area contributed by atoms with Gasteiger partial charge >= 0.3 is 0 Å². The Labute approximate surface area is 134 Å². The van der Waals surface area contributed by atoms with Crippen LogP contribution >= 0.6 is 33.9 Å². The van der Waals surface area contributed by atoms with E-state index < -0.39 is 0 Å². The van der Waals surface area contributed by atoms with Gasteiger partial charge in [0.25, 0.3) is 0 Å². The number of aromatic nitrogens is 1. The van der Waals surface area contributed by atoms with Crippen molar-refractivity contribution in [2.45, 2.75) is 13.8 Å². The minimum Gasteiger partial charge on any atom is -0.380 e. The maximum Gasteiger partial charge on any atom is 0.177 e. The average molecular weight is 396 g/mol. The Balaban J connectivity index is 2.18. The summed E-state index contributed by atoms with van der Waals surface area (Å²) in [4.78, 5) is 0. The van der Waals surface area contributed by atoms with Crippen molar-refractivity contribution in [2.24, 2.45) is 0 Å². The van der Waals surface area contributed by atoms with Gasteiger partial charge in [-0.3, -0.25) is 0 Å². The highest BCUT2D eigenvalue weighted by Crippen LogP contribution is 2.38. The third-order valence-corrected chi connectivity index (χ3v) is 5.13. The molecule has 0 spiro atoms. The lowest BCUT2D eigenvalue weighted by molar-refractivity contribution is 0.436. The van der Waals surface area contributed by atoms with Crippen molar-refractivity contribution < 1.29 is 4.52 Å². The van der Waals surface area contributed by atoms with Crippen LogP contribution in [-0.4, -0.2) is 5.16 Å². The maximum absolute atomic E-state index is 6.00. The number of rotatable bonds is 2. The highest BCUT2D eigenvalue weighted by Gasteiger charge is 2.18. The Morgan fingerprint density at radius 1 is 1.15 bits per heavy atom. The summed E-state index contributed by atoms with van der Waals surface area (Å²) in [5.74, 6) is 1.18. The van der Waals surface area contributed by atoms with Gasteiger partial charge in [0.2, 0.25) is 0 Å². The van der Waals surface area contributed by atoms with Crippen LogP contribution in [0.4, 0.5) is 5.82 Å². The second-order valence-corrected chi connectivity index (χ2v) is 7.52. The summed E-state index contributed by atoms with van der Waals surface area (Å²) in [5, 5.41) is 6.00. The predicted molar refractivity (Wildman–Crippen MR) is 91.9 cm³/mol. The van der Waals surface area contributed by atoms with Crippen LogP contribution in [0.5, 0.6) is 0 Å². The molecule has 0 atom stereocenters. The summed E-state index contributed by atoms with van der Waals surface area (Å²) < 4.78 is 6.65. The highest BCUT2D eigenvalue weighted by atomic mass is 127. The first kappa shape index (κ1) is 13.6. The standard InChI is InChI=1S/C15H13IN2OS/c1-8-3-4-10(5-9(8)2)13-14(19-18-15(13)17)11-6-12(16)20-7-11/h3-7H,1-2H3,(H2,17,18). The van der Waals surface area contributed by atoms with Gasteiger partial charge in [0.1, 0.15) is 0 Å². The first-order valence-corrected chi connectivity index (χ1v) is 8.09. The van der Waals surface area contributed by atoms with E-state index in [1.165, 1.54) is 14.0 Å². The molecule has 0 unspecified atom stereocenters. The number of nitrogens with zero attached hydrogens (tertiary/aromatic N) is 1. The van der Waals surface area contributed by atoms with Crippen molar-refractivity contribution >= 4 is 39.7 Å². The van der Waals surface area contributed by atoms with Crippen molar-refractivity contribution in [3.63, 3.8) is 0 Å². The van der Waals surface area contributed by atoms with Crippen LogP contribution in [0, 0.1) is 16.7 Å². The number of nitrogens with two attached hydrogens (primary N) is 1. The molecule has 0 radical (unpaired) electrons. The lowest BCUT2D eigenvalue weighted by atomic mass is 9.99. The van der Waals surface area contributed by atoms with Crippen LogP contribution < -0.4 is 5.73 Å². The molecule has 1 aromatic carbocycles. The molecule has 5 heteroatoms. The van der Waals surface area contributed by atoms with E-state index >= 15 is 0 Å². The van der Waals surface area contributed by atoms with Crippen molar-refractivity contribution in [2.75, 3.05) is 5.73 Å². The second-order valence-electron chi connectivity index (χ2n) is 4.71. The fourth-order valence-electron chi connectivity index (χ4n) is 2.10. The number of hydrogen-bond donors (Lipinski definition) is 1. The van der Waals surface area contributed by atoms with Crippen molar-refractivity contribution in [3.05, 3.63) is 43.7 Å². The van der Waals surface area contributed by atoms with Crippen LogP contribution in [0.15, 0.2) is 34.2 Å². The first-order valence-electron chi connectivity index (χ1n) is 6.13. The van der Waals surface area contributed by atoms with Gasteiger partial charge in [-0.25, -0.2) is 0 Å². The number of hydrogen-bond acceptors (Lipinski definition) is 4. The molecule has 0 fully saturated rings.